The molecule has 0 spiro atoms. The summed E-state index contributed by atoms with van der Waals surface area (Å²) in [4.78, 5) is 0. The van der Waals surface area contributed by atoms with Crippen LogP contribution in [0.5, 0.6) is 11.5 Å². The number of hydrogen-bond donors (Lipinski definition) is 1. The summed E-state index contributed by atoms with van der Waals surface area (Å²) in [6.45, 7) is 0.687. The number of rotatable bonds is 5. The largest absolute Gasteiger partial charge is 0.493 e. The molecule has 1 saturated carbocycles. The quantitative estimate of drug-likeness (QED) is 0.906. The Balaban J connectivity index is 1.86. The molecule has 116 valence electrons. The van der Waals surface area contributed by atoms with Crippen molar-refractivity contribution in [2.45, 2.75) is 43.6 Å². The molecule has 2 aliphatic rings. The predicted molar refractivity (Wildman–Crippen MR) is 88.6 cm³/mol. The number of thioether (sulfide) groups is 1. The first-order chi connectivity index (χ1) is 10.3. The fourth-order valence-electron chi connectivity index (χ4n) is 3.41. The molecule has 3 nitrogen and oxygen atoms in total. The molecule has 1 atom stereocenters. The van der Waals surface area contributed by atoms with Crippen molar-refractivity contribution in [1.82, 2.24) is 0 Å². The first-order valence-corrected chi connectivity index (χ1v) is 9.06. The SMILES string of the molecule is COc1c(OC2CCCSC2)cccc1C1(CN)CCC1. The first kappa shape index (κ1) is 15.0. The molecule has 0 radical (unpaired) electrons. The van der Waals surface area contributed by atoms with Crippen LogP contribution in [0.25, 0.3) is 0 Å². The van der Waals surface area contributed by atoms with Crippen LogP contribution in [0.15, 0.2) is 18.2 Å². The van der Waals surface area contributed by atoms with Crippen LogP contribution < -0.4 is 15.2 Å². The Labute approximate surface area is 131 Å². The Hall–Kier alpha value is -0.870. The zero-order valence-corrected chi connectivity index (χ0v) is 13.6. The van der Waals surface area contributed by atoms with Crippen LogP contribution in [0.4, 0.5) is 0 Å². The Morgan fingerprint density at radius 1 is 1.33 bits per heavy atom. The summed E-state index contributed by atoms with van der Waals surface area (Å²) < 4.78 is 12.0. The highest BCUT2D eigenvalue weighted by atomic mass is 32.2. The summed E-state index contributed by atoms with van der Waals surface area (Å²) in [5, 5.41) is 0. The van der Waals surface area contributed by atoms with Gasteiger partial charge in [0.25, 0.3) is 0 Å². The van der Waals surface area contributed by atoms with E-state index in [2.05, 4.69) is 12.1 Å². The summed E-state index contributed by atoms with van der Waals surface area (Å²) in [5.74, 6) is 4.13. The van der Waals surface area contributed by atoms with Gasteiger partial charge in [0.1, 0.15) is 6.10 Å². The van der Waals surface area contributed by atoms with Gasteiger partial charge in [-0.1, -0.05) is 18.6 Å². The van der Waals surface area contributed by atoms with Gasteiger partial charge in [-0.2, -0.15) is 11.8 Å². The van der Waals surface area contributed by atoms with Crippen LogP contribution in [-0.2, 0) is 5.41 Å². The van der Waals surface area contributed by atoms with Crippen molar-refractivity contribution >= 4 is 11.8 Å². The van der Waals surface area contributed by atoms with E-state index in [0.717, 1.165) is 36.5 Å². The highest BCUT2D eigenvalue weighted by molar-refractivity contribution is 7.99. The van der Waals surface area contributed by atoms with Crippen molar-refractivity contribution < 1.29 is 9.47 Å². The molecule has 0 amide bonds. The van der Waals surface area contributed by atoms with Gasteiger partial charge in [0.2, 0.25) is 0 Å². The summed E-state index contributed by atoms with van der Waals surface area (Å²) in [6, 6.07) is 6.27. The number of para-hydroxylation sites is 1. The van der Waals surface area contributed by atoms with Crippen molar-refractivity contribution in [1.29, 1.82) is 0 Å². The first-order valence-electron chi connectivity index (χ1n) is 7.91. The van der Waals surface area contributed by atoms with E-state index < -0.39 is 0 Å². The van der Waals surface area contributed by atoms with E-state index in [9.17, 15) is 0 Å². The summed E-state index contributed by atoms with van der Waals surface area (Å²) >= 11 is 1.98. The van der Waals surface area contributed by atoms with Gasteiger partial charge in [-0.3, -0.25) is 0 Å². The molecular formula is C17H25NO2S. The minimum Gasteiger partial charge on any atom is -0.493 e. The maximum Gasteiger partial charge on any atom is 0.164 e. The second kappa shape index (κ2) is 6.49. The average molecular weight is 307 g/mol. The third-order valence-corrected chi connectivity index (χ3v) is 6.05. The molecular weight excluding hydrogens is 282 g/mol. The Morgan fingerprint density at radius 2 is 2.19 bits per heavy atom. The van der Waals surface area contributed by atoms with Gasteiger partial charge >= 0.3 is 0 Å². The van der Waals surface area contributed by atoms with Gasteiger partial charge in [-0.15, -0.1) is 0 Å². The second-order valence-electron chi connectivity index (χ2n) is 6.13. The molecule has 3 rings (SSSR count). The standard InChI is InChI=1S/C17H25NO2S/c1-19-16-14(17(12-18)8-4-9-17)6-2-7-15(16)20-13-5-3-10-21-11-13/h2,6-7,13H,3-5,8-12,18H2,1H3. The number of nitrogens with two attached hydrogens (primary N) is 1. The Kier molecular flexibility index (Phi) is 4.65. The highest BCUT2D eigenvalue weighted by Crippen LogP contribution is 2.49. The average Bonchev–Trinajstić information content (AvgIpc) is 2.48. The minimum absolute atomic E-state index is 0.103. The predicted octanol–water partition coefficient (Wildman–Crippen LogP) is 3.35. The molecule has 1 heterocycles. The molecule has 2 fully saturated rings. The molecule has 1 aliphatic heterocycles. The normalized spacial score (nSPS) is 24.2. The lowest BCUT2D eigenvalue weighted by atomic mass is 9.64. The summed E-state index contributed by atoms with van der Waals surface area (Å²) in [7, 11) is 1.74. The lowest BCUT2D eigenvalue weighted by Gasteiger charge is -2.42. The Morgan fingerprint density at radius 3 is 2.76 bits per heavy atom. The van der Waals surface area contributed by atoms with Crippen LogP contribution >= 0.6 is 11.8 Å². The summed E-state index contributed by atoms with van der Waals surface area (Å²) in [5.41, 5.74) is 7.40. The maximum atomic E-state index is 6.24. The van der Waals surface area contributed by atoms with Crippen molar-refractivity contribution in [3.63, 3.8) is 0 Å². The topological polar surface area (TPSA) is 44.5 Å². The molecule has 1 unspecified atom stereocenters. The van der Waals surface area contributed by atoms with Gasteiger partial charge in [0.05, 0.1) is 7.11 Å². The van der Waals surface area contributed by atoms with E-state index in [4.69, 9.17) is 15.2 Å². The van der Waals surface area contributed by atoms with Crippen molar-refractivity contribution in [3.8, 4) is 11.5 Å². The maximum absolute atomic E-state index is 6.24. The fraction of sp³-hybridized carbons (Fsp3) is 0.647. The van der Waals surface area contributed by atoms with E-state index >= 15 is 0 Å². The molecule has 1 aromatic rings. The highest BCUT2D eigenvalue weighted by Gasteiger charge is 2.40. The molecule has 1 saturated heterocycles. The summed E-state index contributed by atoms with van der Waals surface area (Å²) in [6.07, 6.45) is 6.26. The van der Waals surface area contributed by atoms with E-state index in [1.165, 1.54) is 24.2 Å². The molecule has 1 aliphatic carbocycles. The van der Waals surface area contributed by atoms with Crippen LogP contribution in [0.2, 0.25) is 0 Å². The molecule has 0 bridgehead atoms. The van der Waals surface area contributed by atoms with Crippen molar-refractivity contribution in [3.05, 3.63) is 23.8 Å². The van der Waals surface area contributed by atoms with Crippen LogP contribution in [-0.4, -0.2) is 31.3 Å². The molecule has 1 aromatic carbocycles. The van der Waals surface area contributed by atoms with E-state index in [1.807, 2.05) is 17.8 Å². The zero-order valence-electron chi connectivity index (χ0n) is 12.8. The van der Waals surface area contributed by atoms with Crippen LogP contribution in [0, 0.1) is 0 Å². The van der Waals surface area contributed by atoms with Gasteiger partial charge in [0.15, 0.2) is 11.5 Å². The lowest BCUT2D eigenvalue weighted by Crippen LogP contribution is -2.41. The Bertz CT molecular complexity index is 476. The third kappa shape index (κ3) is 2.88. The lowest BCUT2D eigenvalue weighted by molar-refractivity contribution is 0.196. The monoisotopic (exact) mass is 307 g/mol. The number of hydrogen-bond acceptors (Lipinski definition) is 4. The van der Waals surface area contributed by atoms with E-state index in [1.54, 1.807) is 7.11 Å². The van der Waals surface area contributed by atoms with Crippen molar-refractivity contribution in [2.24, 2.45) is 5.73 Å². The number of methoxy groups -OCH3 is 1. The fourth-order valence-corrected chi connectivity index (χ4v) is 4.44. The molecule has 2 N–H and O–H groups in total. The zero-order chi connectivity index (χ0) is 14.7. The van der Waals surface area contributed by atoms with E-state index in [0.29, 0.717) is 12.6 Å². The number of benzene rings is 1. The van der Waals surface area contributed by atoms with Gasteiger partial charge in [-0.05, 0) is 37.5 Å². The minimum atomic E-state index is 0.103. The van der Waals surface area contributed by atoms with Gasteiger partial charge < -0.3 is 15.2 Å². The third-order valence-electron chi connectivity index (χ3n) is 4.87. The van der Waals surface area contributed by atoms with Crippen molar-refractivity contribution in [2.75, 3.05) is 25.2 Å². The smallest absolute Gasteiger partial charge is 0.164 e. The molecule has 21 heavy (non-hydrogen) atoms. The number of ether oxygens (including phenoxy) is 2. The van der Waals surface area contributed by atoms with Gasteiger partial charge in [0, 0.05) is 23.3 Å². The van der Waals surface area contributed by atoms with Crippen LogP contribution in [0.1, 0.15) is 37.7 Å². The van der Waals surface area contributed by atoms with E-state index in [-0.39, 0.29) is 5.41 Å². The second-order valence-corrected chi connectivity index (χ2v) is 7.28. The molecule has 4 heteroatoms. The molecule has 0 aromatic heterocycles. The van der Waals surface area contributed by atoms with Crippen LogP contribution in [0.3, 0.4) is 0 Å². The van der Waals surface area contributed by atoms with Gasteiger partial charge in [-0.25, -0.2) is 0 Å².